The summed E-state index contributed by atoms with van der Waals surface area (Å²) in [5.74, 6) is 0.134. The molecule has 0 fully saturated rings. The summed E-state index contributed by atoms with van der Waals surface area (Å²) in [5, 5.41) is 8.60. The van der Waals surface area contributed by atoms with Gasteiger partial charge in [0.2, 0.25) is 11.7 Å². The first-order chi connectivity index (χ1) is 11.6. The van der Waals surface area contributed by atoms with Crippen molar-refractivity contribution in [2.45, 2.75) is 45.6 Å². The van der Waals surface area contributed by atoms with Crippen LogP contribution < -0.4 is 5.32 Å². The number of carbonyl (C=O) groups is 2. The molecule has 0 atom stereocenters. The van der Waals surface area contributed by atoms with Gasteiger partial charge in [0.25, 0.3) is 5.91 Å². The normalized spacial score (nSPS) is 10.8. The Labute approximate surface area is 144 Å². The first-order valence-corrected chi connectivity index (χ1v) is 8.81. The molecule has 2 aromatic rings. The van der Waals surface area contributed by atoms with Crippen molar-refractivity contribution >= 4 is 23.2 Å². The first-order valence-electron chi connectivity index (χ1n) is 7.93. The molecule has 2 rings (SSSR count). The summed E-state index contributed by atoms with van der Waals surface area (Å²) in [6.45, 7) is 3.73. The monoisotopic (exact) mass is 351 g/mol. The summed E-state index contributed by atoms with van der Waals surface area (Å²) in [4.78, 5) is 28.5. The van der Waals surface area contributed by atoms with Crippen molar-refractivity contribution < 1.29 is 18.8 Å². The van der Waals surface area contributed by atoms with Gasteiger partial charge in [-0.2, -0.15) is 4.98 Å². The van der Waals surface area contributed by atoms with Gasteiger partial charge in [0.1, 0.15) is 0 Å². The van der Waals surface area contributed by atoms with E-state index in [0.29, 0.717) is 11.7 Å². The molecule has 1 N–H and O–H groups in total. The van der Waals surface area contributed by atoms with Crippen molar-refractivity contribution in [1.29, 1.82) is 0 Å². The van der Waals surface area contributed by atoms with E-state index < -0.39 is 5.97 Å². The number of esters is 1. The Bertz CT molecular complexity index is 650. The Morgan fingerprint density at radius 2 is 2.17 bits per heavy atom. The van der Waals surface area contributed by atoms with E-state index in [1.54, 1.807) is 0 Å². The third-order valence-electron chi connectivity index (χ3n) is 3.47. The van der Waals surface area contributed by atoms with Gasteiger partial charge in [-0.15, -0.1) is 11.3 Å². The molecular formula is C16H21N3O4S. The summed E-state index contributed by atoms with van der Waals surface area (Å²) in [5.41, 5.74) is 0. The molecule has 0 spiro atoms. The lowest BCUT2D eigenvalue weighted by molar-refractivity contribution is -0.148. The number of nitrogens with zero attached hydrogens (tertiary/aromatic N) is 2. The van der Waals surface area contributed by atoms with Gasteiger partial charge >= 0.3 is 5.97 Å². The topological polar surface area (TPSA) is 94.3 Å². The number of aromatic nitrogens is 2. The summed E-state index contributed by atoms with van der Waals surface area (Å²) >= 11 is 1.51. The zero-order chi connectivity index (χ0) is 17.4. The van der Waals surface area contributed by atoms with Crippen LogP contribution in [0.4, 0.5) is 0 Å². The van der Waals surface area contributed by atoms with Crippen LogP contribution in [0.3, 0.4) is 0 Å². The zero-order valence-electron chi connectivity index (χ0n) is 13.8. The van der Waals surface area contributed by atoms with Crippen LogP contribution in [0, 0.1) is 0 Å². The molecule has 1 amide bonds. The van der Waals surface area contributed by atoms with Gasteiger partial charge < -0.3 is 14.6 Å². The van der Waals surface area contributed by atoms with Crippen LogP contribution in [-0.4, -0.2) is 34.7 Å². The minimum Gasteiger partial charge on any atom is -0.456 e. The third-order valence-corrected chi connectivity index (χ3v) is 4.33. The van der Waals surface area contributed by atoms with E-state index in [-0.39, 0.29) is 31.4 Å². The predicted molar refractivity (Wildman–Crippen MR) is 89.4 cm³/mol. The van der Waals surface area contributed by atoms with Crippen LogP contribution in [0.15, 0.2) is 22.0 Å². The minimum absolute atomic E-state index is 0.0876. The Hall–Kier alpha value is -2.22. The van der Waals surface area contributed by atoms with Crippen LogP contribution in [0.5, 0.6) is 0 Å². The summed E-state index contributed by atoms with van der Waals surface area (Å²) in [6.07, 6.45) is 2.07. The highest BCUT2D eigenvalue weighted by molar-refractivity contribution is 7.13. The molecular weight excluding hydrogens is 330 g/mol. The first kappa shape index (κ1) is 18.1. The Kier molecular flexibility index (Phi) is 6.92. The summed E-state index contributed by atoms with van der Waals surface area (Å²) < 4.78 is 10.1. The fraction of sp³-hybridized carbons (Fsp3) is 0.500. The molecule has 7 nitrogen and oxygen atoms in total. The predicted octanol–water partition coefficient (Wildman–Crippen LogP) is 2.58. The van der Waals surface area contributed by atoms with Crippen molar-refractivity contribution in [3.63, 3.8) is 0 Å². The molecule has 8 heteroatoms. The van der Waals surface area contributed by atoms with Crippen molar-refractivity contribution in [3.05, 3.63) is 23.4 Å². The van der Waals surface area contributed by atoms with E-state index in [4.69, 9.17) is 9.26 Å². The van der Waals surface area contributed by atoms with Crippen LogP contribution in [0.2, 0.25) is 0 Å². The van der Waals surface area contributed by atoms with Gasteiger partial charge in [-0.1, -0.05) is 25.1 Å². The highest BCUT2D eigenvalue weighted by Crippen LogP contribution is 2.21. The maximum atomic E-state index is 11.7. The number of hydrogen-bond acceptors (Lipinski definition) is 7. The van der Waals surface area contributed by atoms with E-state index in [1.807, 2.05) is 31.4 Å². The second-order valence-corrected chi connectivity index (χ2v) is 6.18. The van der Waals surface area contributed by atoms with E-state index in [2.05, 4.69) is 15.5 Å². The van der Waals surface area contributed by atoms with Gasteiger partial charge in [0, 0.05) is 12.5 Å². The Morgan fingerprint density at radius 1 is 1.38 bits per heavy atom. The van der Waals surface area contributed by atoms with Crippen molar-refractivity contribution in [2.24, 2.45) is 0 Å². The number of amides is 1. The number of thiophene rings is 1. The lowest BCUT2D eigenvalue weighted by Crippen LogP contribution is -2.36. The zero-order valence-corrected chi connectivity index (χ0v) is 14.6. The number of carbonyl (C=O) groups excluding carboxylic acids is 2. The van der Waals surface area contributed by atoms with Crippen LogP contribution >= 0.6 is 11.3 Å². The standard InChI is InChI=1S/C16H21N3O4S/c1-3-11(4-2)17-13(20)10-22-15(21)8-7-14-18-16(19-23-14)12-6-5-9-24-12/h5-6,9,11H,3-4,7-8,10H2,1-2H3,(H,17,20). The molecule has 130 valence electrons. The van der Waals surface area contributed by atoms with Gasteiger partial charge in [-0.25, -0.2) is 0 Å². The number of aryl methyl sites for hydroxylation is 1. The molecule has 0 unspecified atom stereocenters. The second kappa shape index (κ2) is 9.17. The maximum absolute atomic E-state index is 11.7. The highest BCUT2D eigenvalue weighted by Gasteiger charge is 2.14. The largest absolute Gasteiger partial charge is 0.456 e. The molecule has 2 aromatic heterocycles. The van der Waals surface area contributed by atoms with E-state index in [9.17, 15) is 9.59 Å². The third kappa shape index (κ3) is 5.45. The molecule has 24 heavy (non-hydrogen) atoms. The van der Waals surface area contributed by atoms with Crippen molar-refractivity contribution in [3.8, 4) is 10.7 Å². The molecule has 2 heterocycles. The fourth-order valence-electron chi connectivity index (χ4n) is 2.05. The van der Waals surface area contributed by atoms with E-state index in [1.165, 1.54) is 11.3 Å². The summed E-state index contributed by atoms with van der Waals surface area (Å²) in [7, 11) is 0. The molecule has 0 saturated carbocycles. The number of nitrogens with one attached hydrogen (secondary N) is 1. The number of ether oxygens (including phenoxy) is 1. The molecule has 0 aliphatic heterocycles. The van der Waals surface area contributed by atoms with E-state index >= 15 is 0 Å². The van der Waals surface area contributed by atoms with Gasteiger partial charge in [-0.05, 0) is 24.3 Å². The van der Waals surface area contributed by atoms with Crippen LogP contribution in [0.25, 0.3) is 10.7 Å². The van der Waals surface area contributed by atoms with Gasteiger partial charge in [0.05, 0.1) is 11.3 Å². The maximum Gasteiger partial charge on any atom is 0.306 e. The number of rotatable bonds is 9. The average molecular weight is 351 g/mol. The fourth-order valence-corrected chi connectivity index (χ4v) is 2.70. The minimum atomic E-state index is -0.467. The van der Waals surface area contributed by atoms with Crippen molar-refractivity contribution in [2.75, 3.05) is 6.61 Å². The SMILES string of the molecule is CCC(CC)NC(=O)COC(=O)CCc1nc(-c2cccs2)no1. The van der Waals surface area contributed by atoms with Gasteiger partial charge in [0.15, 0.2) is 6.61 Å². The second-order valence-electron chi connectivity index (χ2n) is 5.23. The molecule has 0 aliphatic rings. The summed E-state index contributed by atoms with van der Waals surface area (Å²) in [6, 6.07) is 3.91. The smallest absolute Gasteiger partial charge is 0.306 e. The van der Waals surface area contributed by atoms with Crippen LogP contribution in [-0.2, 0) is 20.7 Å². The Balaban J connectivity index is 1.71. The molecule has 0 aromatic carbocycles. The molecule has 0 aliphatic carbocycles. The quantitative estimate of drug-likeness (QED) is 0.698. The average Bonchev–Trinajstić information content (AvgIpc) is 3.26. The van der Waals surface area contributed by atoms with Gasteiger partial charge in [-0.3, -0.25) is 9.59 Å². The molecule has 0 bridgehead atoms. The number of hydrogen-bond donors (Lipinski definition) is 1. The lowest BCUT2D eigenvalue weighted by atomic mass is 10.2. The molecule has 0 saturated heterocycles. The highest BCUT2D eigenvalue weighted by atomic mass is 32.1. The van der Waals surface area contributed by atoms with Crippen LogP contribution in [0.1, 0.15) is 39.0 Å². The molecule has 0 radical (unpaired) electrons. The lowest BCUT2D eigenvalue weighted by Gasteiger charge is -2.14. The van der Waals surface area contributed by atoms with E-state index in [0.717, 1.165) is 17.7 Å². The van der Waals surface area contributed by atoms with Crippen molar-refractivity contribution in [1.82, 2.24) is 15.5 Å². The Morgan fingerprint density at radius 3 is 2.83 bits per heavy atom.